The zero-order valence-electron chi connectivity index (χ0n) is 12.7. The number of hydrogen-bond donors (Lipinski definition) is 1. The average Bonchev–Trinajstić information content (AvgIpc) is 2.91. The summed E-state index contributed by atoms with van der Waals surface area (Å²) in [7, 11) is 0. The Labute approximate surface area is 131 Å². The molecule has 2 aromatic heterocycles. The molecule has 0 radical (unpaired) electrons. The molecule has 0 aliphatic rings. The lowest BCUT2D eigenvalue weighted by atomic mass is 10.2. The summed E-state index contributed by atoms with van der Waals surface area (Å²) in [5, 5.41) is 2.42. The molecule has 2 heterocycles. The Balaban J connectivity index is 2.07. The number of carbonyl (C=O) groups excluding carboxylic acids is 1. The number of amides is 1. The van der Waals surface area contributed by atoms with Gasteiger partial charge in [-0.25, -0.2) is 13.8 Å². The maximum absolute atomic E-state index is 13.7. The topological polar surface area (TPSA) is 46.4 Å². The highest BCUT2D eigenvalue weighted by atomic mass is 19.1. The summed E-state index contributed by atoms with van der Waals surface area (Å²) >= 11 is 0. The van der Waals surface area contributed by atoms with Crippen LogP contribution in [0.5, 0.6) is 0 Å². The molecule has 1 aromatic carbocycles. The van der Waals surface area contributed by atoms with E-state index in [0.29, 0.717) is 23.5 Å². The molecule has 3 aromatic rings. The van der Waals surface area contributed by atoms with Crippen molar-refractivity contribution < 1.29 is 13.6 Å². The first-order valence-corrected chi connectivity index (χ1v) is 7.24. The predicted octanol–water partition coefficient (Wildman–Crippen LogP) is 3.74. The van der Waals surface area contributed by atoms with Gasteiger partial charge in [0.15, 0.2) is 0 Å². The summed E-state index contributed by atoms with van der Waals surface area (Å²) in [6.45, 7) is 3.78. The summed E-state index contributed by atoms with van der Waals surface area (Å²) in [5.74, 6) is -1.83. The van der Waals surface area contributed by atoms with E-state index >= 15 is 0 Å². The number of aromatic nitrogens is 2. The van der Waals surface area contributed by atoms with Crippen LogP contribution in [0.2, 0.25) is 0 Å². The van der Waals surface area contributed by atoms with Gasteiger partial charge in [-0.3, -0.25) is 9.20 Å². The lowest BCUT2D eigenvalue weighted by molar-refractivity contribution is 0.102. The van der Waals surface area contributed by atoms with Gasteiger partial charge in [-0.1, -0.05) is 13.0 Å². The minimum absolute atomic E-state index is 0.195. The number of pyridine rings is 1. The standard InChI is InChI=1S/C17H15F2N3O/c1-3-13-15(22-8-4-5-10(2)16(22)20-13)17(23)21-14-9-11(18)6-7-12(14)19/h4-9H,3H2,1-2H3,(H,21,23). The maximum Gasteiger partial charge on any atom is 0.274 e. The summed E-state index contributed by atoms with van der Waals surface area (Å²) in [6.07, 6.45) is 2.28. The van der Waals surface area contributed by atoms with E-state index < -0.39 is 17.5 Å². The van der Waals surface area contributed by atoms with Crippen molar-refractivity contribution in [2.45, 2.75) is 20.3 Å². The summed E-state index contributed by atoms with van der Waals surface area (Å²) in [6, 6.07) is 6.64. The molecule has 0 spiro atoms. The normalized spacial score (nSPS) is 11.0. The SMILES string of the molecule is CCc1nc2c(C)cccn2c1C(=O)Nc1cc(F)ccc1F. The van der Waals surface area contributed by atoms with Gasteiger partial charge in [0, 0.05) is 12.3 Å². The fourth-order valence-corrected chi connectivity index (χ4v) is 2.51. The van der Waals surface area contributed by atoms with Crippen molar-refractivity contribution in [3.05, 3.63) is 65.1 Å². The average molecular weight is 315 g/mol. The molecular weight excluding hydrogens is 300 g/mol. The molecule has 23 heavy (non-hydrogen) atoms. The van der Waals surface area contributed by atoms with E-state index in [9.17, 15) is 13.6 Å². The quantitative estimate of drug-likeness (QED) is 0.800. The van der Waals surface area contributed by atoms with Gasteiger partial charge >= 0.3 is 0 Å². The van der Waals surface area contributed by atoms with Crippen LogP contribution in [-0.2, 0) is 6.42 Å². The van der Waals surface area contributed by atoms with Crippen molar-refractivity contribution in [2.24, 2.45) is 0 Å². The third kappa shape index (κ3) is 2.67. The molecule has 0 aliphatic carbocycles. The van der Waals surface area contributed by atoms with E-state index in [1.165, 1.54) is 0 Å². The van der Waals surface area contributed by atoms with Crippen LogP contribution < -0.4 is 5.32 Å². The molecular formula is C17H15F2N3O. The Hall–Kier alpha value is -2.76. The molecule has 6 heteroatoms. The van der Waals surface area contributed by atoms with Crippen LogP contribution in [0.15, 0.2) is 36.5 Å². The molecule has 0 aliphatic heterocycles. The highest BCUT2D eigenvalue weighted by Gasteiger charge is 2.20. The van der Waals surface area contributed by atoms with Gasteiger partial charge < -0.3 is 5.32 Å². The molecule has 0 fully saturated rings. The van der Waals surface area contributed by atoms with Gasteiger partial charge in [0.05, 0.1) is 11.4 Å². The van der Waals surface area contributed by atoms with E-state index in [4.69, 9.17) is 0 Å². The molecule has 0 atom stereocenters. The Morgan fingerprint density at radius 3 is 2.83 bits per heavy atom. The van der Waals surface area contributed by atoms with Crippen LogP contribution in [0, 0.1) is 18.6 Å². The van der Waals surface area contributed by atoms with Crippen LogP contribution in [0.4, 0.5) is 14.5 Å². The second kappa shape index (κ2) is 5.79. The van der Waals surface area contributed by atoms with E-state index in [1.807, 2.05) is 26.0 Å². The number of anilines is 1. The van der Waals surface area contributed by atoms with Crippen LogP contribution in [0.1, 0.15) is 28.7 Å². The van der Waals surface area contributed by atoms with Crippen molar-refractivity contribution in [3.63, 3.8) is 0 Å². The Kier molecular flexibility index (Phi) is 3.82. The second-order valence-electron chi connectivity index (χ2n) is 5.22. The van der Waals surface area contributed by atoms with Crippen molar-refractivity contribution in [3.8, 4) is 0 Å². The summed E-state index contributed by atoms with van der Waals surface area (Å²) in [5.41, 5.74) is 2.34. The van der Waals surface area contributed by atoms with Gasteiger partial charge in [-0.2, -0.15) is 0 Å². The Morgan fingerprint density at radius 1 is 1.30 bits per heavy atom. The van der Waals surface area contributed by atoms with Crippen LogP contribution in [0.3, 0.4) is 0 Å². The van der Waals surface area contributed by atoms with Gasteiger partial charge in [0.25, 0.3) is 5.91 Å². The van der Waals surface area contributed by atoms with E-state index in [1.54, 1.807) is 10.6 Å². The number of carbonyl (C=O) groups is 1. The number of imidazole rings is 1. The lowest BCUT2D eigenvalue weighted by Gasteiger charge is -2.08. The Bertz CT molecular complexity index is 902. The fourth-order valence-electron chi connectivity index (χ4n) is 2.51. The number of hydrogen-bond acceptors (Lipinski definition) is 2. The highest BCUT2D eigenvalue weighted by molar-refractivity contribution is 6.04. The van der Waals surface area contributed by atoms with E-state index in [2.05, 4.69) is 10.3 Å². The van der Waals surface area contributed by atoms with Gasteiger partial charge in [-0.05, 0) is 37.1 Å². The molecule has 1 N–H and O–H groups in total. The third-order valence-electron chi connectivity index (χ3n) is 3.64. The van der Waals surface area contributed by atoms with Crippen molar-refractivity contribution in [1.29, 1.82) is 0 Å². The molecule has 0 unspecified atom stereocenters. The zero-order chi connectivity index (χ0) is 16.6. The zero-order valence-corrected chi connectivity index (χ0v) is 12.7. The molecule has 118 valence electrons. The van der Waals surface area contributed by atoms with Crippen LogP contribution >= 0.6 is 0 Å². The van der Waals surface area contributed by atoms with Crippen molar-refractivity contribution in [1.82, 2.24) is 9.38 Å². The van der Waals surface area contributed by atoms with Crippen LogP contribution in [0.25, 0.3) is 5.65 Å². The maximum atomic E-state index is 13.7. The number of nitrogens with one attached hydrogen (secondary N) is 1. The Morgan fingerprint density at radius 2 is 2.09 bits per heavy atom. The van der Waals surface area contributed by atoms with Crippen molar-refractivity contribution >= 4 is 17.2 Å². The second-order valence-corrected chi connectivity index (χ2v) is 5.22. The van der Waals surface area contributed by atoms with E-state index in [0.717, 1.165) is 23.8 Å². The lowest BCUT2D eigenvalue weighted by Crippen LogP contribution is -2.17. The smallest absolute Gasteiger partial charge is 0.274 e. The molecule has 0 saturated heterocycles. The first-order valence-electron chi connectivity index (χ1n) is 7.24. The monoisotopic (exact) mass is 315 g/mol. The van der Waals surface area contributed by atoms with Gasteiger partial charge in [0.2, 0.25) is 0 Å². The predicted molar refractivity (Wildman–Crippen MR) is 83.6 cm³/mol. The molecule has 4 nitrogen and oxygen atoms in total. The largest absolute Gasteiger partial charge is 0.318 e. The molecule has 1 amide bonds. The van der Waals surface area contributed by atoms with Crippen LogP contribution in [-0.4, -0.2) is 15.3 Å². The third-order valence-corrected chi connectivity index (χ3v) is 3.64. The molecule has 3 rings (SSSR count). The summed E-state index contributed by atoms with van der Waals surface area (Å²) < 4.78 is 28.7. The minimum atomic E-state index is -0.692. The molecule has 0 bridgehead atoms. The first-order chi connectivity index (χ1) is 11.0. The number of aryl methyl sites for hydroxylation is 2. The number of halogens is 2. The number of rotatable bonds is 3. The van der Waals surface area contributed by atoms with Crippen molar-refractivity contribution in [2.75, 3.05) is 5.32 Å². The minimum Gasteiger partial charge on any atom is -0.318 e. The fraction of sp³-hybridized carbons (Fsp3) is 0.176. The van der Waals surface area contributed by atoms with Gasteiger partial charge in [0.1, 0.15) is 23.0 Å². The first kappa shape index (κ1) is 15.1. The number of benzene rings is 1. The van der Waals surface area contributed by atoms with Gasteiger partial charge in [-0.15, -0.1) is 0 Å². The summed E-state index contributed by atoms with van der Waals surface area (Å²) in [4.78, 5) is 17.1. The number of fused-ring (bicyclic) bond motifs is 1. The molecule has 0 saturated carbocycles. The number of nitrogens with zero attached hydrogens (tertiary/aromatic N) is 2. The highest BCUT2D eigenvalue weighted by Crippen LogP contribution is 2.20. The van der Waals surface area contributed by atoms with E-state index in [-0.39, 0.29) is 5.69 Å².